The molecule has 6 nitrogen and oxygen atoms in total. The van der Waals surface area contributed by atoms with Crippen LogP contribution in [0.15, 0.2) is 24.3 Å². The van der Waals surface area contributed by atoms with Gasteiger partial charge in [-0.15, -0.1) is 0 Å². The number of likely N-dealkylation sites (tertiary alicyclic amines) is 1. The zero-order chi connectivity index (χ0) is 18.5. The van der Waals surface area contributed by atoms with Crippen molar-refractivity contribution in [3.8, 4) is 0 Å². The molecule has 1 aliphatic heterocycles. The number of amides is 2. The van der Waals surface area contributed by atoms with E-state index >= 15 is 0 Å². The van der Waals surface area contributed by atoms with Crippen LogP contribution in [0.2, 0.25) is 0 Å². The Morgan fingerprint density at radius 2 is 1.77 bits per heavy atom. The number of hydrogen-bond acceptors (Lipinski definition) is 4. The predicted octanol–water partition coefficient (Wildman–Crippen LogP) is 2.98. The smallest absolute Gasteiger partial charge is 0.338 e. The molecule has 140 valence electrons. The van der Waals surface area contributed by atoms with Crippen LogP contribution in [0, 0.1) is 5.92 Å². The van der Waals surface area contributed by atoms with Gasteiger partial charge in [0.15, 0.2) is 6.61 Å². The van der Waals surface area contributed by atoms with Gasteiger partial charge >= 0.3 is 5.97 Å². The van der Waals surface area contributed by atoms with Crippen LogP contribution >= 0.6 is 0 Å². The first-order valence-corrected chi connectivity index (χ1v) is 9.39. The monoisotopic (exact) mass is 358 g/mol. The fourth-order valence-electron chi connectivity index (χ4n) is 4.12. The second-order valence-electron chi connectivity index (χ2n) is 7.18. The summed E-state index contributed by atoms with van der Waals surface area (Å²) in [4.78, 5) is 37.7. The molecule has 0 aromatic heterocycles. The van der Waals surface area contributed by atoms with E-state index in [-0.39, 0.29) is 18.4 Å². The van der Waals surface area contributed by atoms with E-state index in [1.165, 1.54) is 32.6 Å². The van der Waals surface area contributed by atoms with Gasteiger partial charge in [-0.3, -0.25) is 9.59 Å². The van der Waals surface area contributed by atoms with Crippen LogP contribution in [0.3, 0.4) is 0 Å². The van der Waals surface area contributed by atoms with E-state index in [4.69, 9.17) is 4.74 Å². The Hall–Kier alpha value is -2.37. The molecule has 0 bridgehead atoms. The lowest BCUT2D eigenvalue weighted by Crippen LogP contribution is -2.50. The van der Waals surface area contributed by atoms with Crippen molar-refractivity contribution in [3.63, 3.8) is 0 Å². The molecule has 26 heavy (non-hydrogen) atoms. The molecule has 2 amide bonds. The molecule has 1 saturated carbocycles. The lowest BCUT2D eigenvalue weighted by atomic mass is 9.78. The van der Waals surface area contributed by atoms with E-state index in [0.29, 0.717) is 23.2 Å². The second kappa shape index (κ2) is 8.34. The van der Waals surface area contributed by atoms with E-state index in [9.17, 15) is 14.4 Å². The van der Waals surface area contributed by atoms with Crippen LogP contribution in [0.25, 0.3) is 0 Å². The third-order valence-electron chi connectivity index (χ3n) is 5.33. The summed E-state index contributed by atoms with van der Waals surface area (Å²) in [5, 5.41) is 2.64. The summed E-state index contributed by atoms with van der Waals surface area (Å²) >= 11 is 0. The molecule has 2 atom stereocenters. The number of fused-ring (bicyclic) bond motifs is 1. The van der Waals surface area contributed by atoms with Crippen molar-refractivity contribution in [2.75, 3.05) is 18.5 Å². The molecule has 1 heterocycles. The summed E-state index contributed by atoms with van der Waals surface area (Å²) in [6, 6.07) is 6.75. The molecule has 1 N–H and O–H groups in total. The average Bonchev–Trinajstić information content (AvgIpc) is 2.65. The first kappa shape index (κ1) is 18.4. The van der Waals surface area contributed by atoms with Crippen LogP contribution in [-0.2, 0) is 14.3 Å². The maximum atomic E-state index is 12.6. The minimum atomic E-state index is -0.523. The standard InChI is InChI=1S/C20H26N2O4/c1-14(23)21-17-10-8-16(9-11-17)20(25)26-13-19(24)22-12-4-6-15-5-2-3-7-18(15)22/h8-11,15,18H,2-7,12-13H2,1H3,(H,21,23)/t15-,18-/m1/s1. The fraction of sp³-hybridized carbons (Fsp3) is 0.550. The third-order valence-corrected chi connectivity index (χ3v) is 5.33. The van der Waals surface area contributed by atoms with Crippen LogP contribution in [0.4, 0.5) is 5.69 Å². The average molecular weight is 358 g/mol. The number of carbonyl (C=O) groups is 3. The number of benzene rings is 1. The van der Waals surface area contributed by atoms with Gasteiger partial charge in [0.1, 0.15) is 0 Å². The highest BCUT2D eigenvalue weighted by atomic mass is 16.5. The number of piperidine rings is 1. The second-order valence-corrected chi connectivity index (χ2v) is 7.18. The summed E-state index contributed by atoms with van der Waals surface area (Å²) in [7, 11) is 0. The molecular formula is C20H26N2O4. The van der Waals surface area contributed by atoms with E-state index in [1.807, 2.05) is 4.90 Å². The zero-order valence-electron chi connectivity index (χ0n) is 15.2. The Morgan fingerprint density at radius 1 is 1.08 bits per heavy atom. The maximum Gasteiger partial charge on any atom is 0.338 e. The lowest BCUT2D eigenvalue weighted by molar-refractivity contribution is -0.140. The predicted molar refractivity (Wildman–Crippen MR) is 97.7 cm³/mol. The van der Waals surface area contributed by atoms with Gasteiger partial charge in [-0.1, -0.05) is 12.8 Å². The summed E-state index contributed by atoms with van der Waals surface area (Å²) in [6.07, 6.45) is 6.93. The molecule has 0 spiro atoms. The summed E-state index contributed by atoms with van der Waals surface area (Å²) < 4.78 is 5.23. The number of carbonyl (C=O) groups excluding carboxylic acids is 3. The molecule has 0 radical (unpaired) electrons. The van der Waals surface area contributed by atoms with Crippen LogP contribution in [0.1, 0.15) is 55.8 Å². The maximum absolute atomic E-state index is 12.6. The highest BCUT2D eigenvalue weighted by Gasteiger charge is 2.35. The van der Waals surface area contributed by atoms with Crippen molar-refractivity contribution < 1.29 is 19.1 Å². The van der Waals surface area contributed by atoms with Gasteiger partial charge in [0.05, 0.1) is 5.56 Å². The van der Waals surface area contributed by atoms with Crippen molar-refractivity contribution in [2.45, 2.75) is 51.5 Å². The first-order chi connectivity index (χ1) is 12.5. The topological polar surface area (TPSA) is 75.7 Å². The first-order valence-electron chi connectivity index (χ1n) is 9.39. The number of nitrogens with one attached hydrogen (secondary N) is 1. The fourth-order valence-corrected chi connectivity index (χ4v) is 4.12. The minimum Gasteiger partial charge on any atom is -0.452 e. The van der Waals surface area contributed by atoms with E-state index < -0.39 is 5.97 Å². The number of esters is 1. The summed E-state index contributed by atoms with van der Waals surface area (Å²) in [6.45, 7) is 1.98. The largest absolute Gasteiger partial charge is 0.452 e. The molecule has 1 aromatic rings. The Balaban J connectivity index is 1.53. The number of hydrogen-bond donors (Lipinski definition) is 1. The number of rotatable bonds is 4. The summed E-state index contributed by atoms with van der Waals surface area (Å²) in [5.41, 5.74) is 0.975. The number of ether oxygens (including phenoxy) is 1. The third kappa shape index (κ3) is 4.42. The van der Waals surface area contributed by atoms with E-state index in [2.05, 4.69) is 5.32 Å². The van der Waals surface area contributed by atoms with Crippen molar-refractivity contribution in [3.05, 3.63) is 29.8 Å². The Bertz CT molecular complexity index is 669. The van der Waals surface area contributed by atoms with Crippen LogP contribution < -0.4 is 5.32 Å². The summed E-state index contributed by atoms with van der Waals surface area (Å²) in [5.74, 6) is -0.179. The van der Waals surface area contributed by atoms with Crippen molar-refractivity contribution in [1.82, 2.24) is 4.90 Å². The van der Waals surface area contributed by atoms with Gasteiger partial charge in [-0.2, -0.15) is 0 Å². The highest BCUT2D eigenvalue weighted by Crippen LogP contribution is 2.35. The Kier molecular flexibility index (Phi) is 5.91. The SMILES string of the molecule is CC(=O)Nc1ccc(C(=O)OCC(=O)N2CCC[C@H]3CCCC[C@H]32)cc1. The van der Waals surface area contributed by atoms with Crippen molar-refractivity contribution in [2.24, 2.45) is 5.92 Å². The van der Waals surface area contributed by atoms with Gasteiger partial charge < -0.3 is 15.0 Å². The van der Waals surface area contributed by atoms with Gasteiger partial charge in [0.25, 0.3) is 5.91 Å². The lowest BCUT2D eigenvalue weighted by Gasteiger charge is -2.44. The Morgan fingerprint density at radius 3 is 2.50 bits per heavy atom. The van der Waals surface area contributed by atoms with Crippen molar-refractivity contribution >= 4 is 23.5 Å². The van der Waals surface area contributed by atoms with Crippen LogP contribution in [-0.4, -0.2) is 41.9 Å². The zero-order valence-corrected chi connectivity index (χ0v) is 15.2. The Labute approximate surface area is 153 Å². The molecule has 1 aliphatic carbocycles. The van der Waals surface area contributed by atoms with Gasteiger partial charge in [0, 0.05) is 25.2 Å². The molecule has 2 fully saturated rings. The van der Waals surface area contributed by atoms with Crippen molar-refractivity contribution in [1.29, 1.82) is 0 Å². The quantitative estimate of drug-likeness (QED) is 0.840. The van der Waals surface area contributed by atoms with Crippen LogP contribution in [0.5, 0.6) is 0 Å². The molecular weight excluding hydrogens is 332 g/mol. The van der Waals surface area contributed by atoms with Gasteiger partial charge in [-0.25, -0.2) is 4.79 Å². The number of anilines is 1. The molecule has 1 aromatic carbocycles. The molecule has 2 aliphatic rings. The van der Waals surface area contributed by atoms with Gasteiger partial charge in [-0.05, 0) is 55.9 Å². The molecule has 6 heteroatoms. The van der Waals surface area contributed by atoms with E-state index in [1.54, 1.807) is 24.3 Å². The molecule has 3 rings (SSSR count). The number of nitrogens with zero attached hydrogens (tertiary/aromatic N) is 1. The highest BCUT2D eigenvalue weighted by molar-refractivity contribution is 5.93. The van der Waals surface area contributed by atoms with E-state index in [0.717, 1.165) is 19.4 Å². The minimum absolute atomic E-state index is 0.0928. The molecule has 0 unspecified atom stereocenters. The molecule has 1 saturated heterocycles. The van der Waals surface area contributed by atoms with Gasteiger partial charge in [0.2, 0.25) is 5.91 Å². The normalized spacial score (nSPS) is 22.3.